The topological polar surface area (TPSA) is 119 Å². The van der Waals surface area contributed by atoms with E-state index in [2.05, 4.69) is 0 Å². The summed E-state index contributed by atoms with van der Waals surface area (Å²) in [6, 6.07) is 1.08. The summed E-state index contributed by atoms with van der Waals surface area (Å²) in [6.45, 7) is 1.96. The van der Waals surface area contributed by atoms with Crippen molar-refractivity contribution in [3.05, 3.63) is 0 Å². The lowest BCUT2D eigenvalue weighted by Gasteiger charge is -2.18. The number of carbonyl (C=O) groups excluding carboxylic acids is 1. The van der Waals surface area contributed by atoms with Crippen molar-refractivity contribution in [2.45, 2.75) is 37.8 Å². The number of rotatable bonds is 6. The van der Waals surface area contributed by atoms with Crippen LogP contribution in [-0.2, 0) is 4.79 Å². The number of nitrogens with two attached hydrogens (primary N) is 3. The number of hydrogen-bond acceptors (Lipinski definition) is 5. The van der Waals surface area contributed by atoms with E-state index in [1.54, 1.807) is 6.07 Å². The highest BCUT2D eigenvalue weighted by Crippen LogP contribution is 2.07. The summed E-state index contributed by atoms with van der Waals surface area (Å²) in [7, 11) is 0. The van der Waals surface area contributed by atoms with Gasteiger partial charge in [-0.2, -0.15) is 5.26 Å². The van der Waals surface area contributed by atoms with Gasteiger partial charge < -0.3 is 17.2 Å². The first kappa shape index (κ1) is 13.0. The fourth-order valence-corrected chi connectivity index (χ4v) is 1.08. The Kier molecular flexibility index (Phi) is 5.31. The zero-order valence-corrected chi connectivity index (χ0v) is 8.49. The third-order valence-electron chi connectivity index (χ3n) is 2.05. The number of nitrogens with zero attached hydrogens (tertiary/aromatic N) is 1. The van der Waals surface area contributed by atoms with E-state index >= 15 is 0 Å². The molecule has 0 saturated carbocycles. The summed E-state index contributed by atoms with van der Waals surface area (Å²) in [6.07, 6.45) is 2.14. The average molecular weight is 198 g/mol. The number of unbranched alkanes of at least 4 members (excludes halogenated alkanes) is 1. The Bertz CT molecular complexity index is 231. The van der Waals surface area contributed by atoms with Gasteiger partial charge in [0, 0.05) is 0 Å². The van der Waals surface area contributed by atoms with Crippen LogP contribution in [0.1, 0.15) is 26.2 Å². The summed E-state index contributed by atoms with van der Waals surface area (Å²) in [5.74, 6) is -0.406. The molecule has 14 heavy (non-hydrogen) atoms. The van der Waals surface area contributed by atoms with Gasteiger partial charge in [0.25, 0.3) is 0 Å². The average Bonchev–Trinajstić information content (AvgIpc) is 2.17. The molecule has 5 nitrogen and oxygen atoms in total. The molecule has 0 bridgehead atoms. The molecule has 0 rings (SSSR count). The molecule has 0 aromatic heterocycles. The highest BCUT2D eigenvalue weighted by molar-refractivity contribution is 5.94. The number of Topliss-reactive ketones (excluding diaryl/α,β-unsaturated/α-hetero) is 1. The molecule has 0 saturated heterocycles. The second kappa shape index (κ2) is 5.70. The van der Waals surface area contributed by atoms with Gasteiger partial charge in [0.1, 0.15) is 0 Å². The molecular formula is C9H18N4O. The van der Waals surface area contributed by atoms with Crippen LogP contribution in [0.4, 0.5) is 0 Å². The van der Waals surface area contributed by atoms with Crippen LogP contribution in [0.15, 0.2) is 0 Å². The van der Waals surface area contributed by atoms with Crippen molar-refractivity contribution < 1.29 is 4.79 Å². The lowest BCUT2D eigenvalue weighted by atomic mass is 9.92. The lowest BCUT2D eigenvalue weighted by Crippen LogP contribution is -2.51. The Balaban J connectivity index is 4.07. The third kappa shape index (κ3) is 3.83. The molecule has 0 aliphatic carbocycles. The third-order valence-corrected chi connectivity index (χ3v) is 2.05. The zero-order chi connectivity index (χ0) is 11.2. The molecule has 2 atom stereocenters. The standard InChI is InChI=1S/C9H18N4O/c1-9(13,6-11)8(14)7(12)4-2-3-5-10/h7H,2-5,10,12-13H2,1H3/t7-,9?/m0/s1. The molecule has 0 amide bonds. The van der Waals surface area contributed by atoms with Gasteiger partial charge in [-0.1, -0.05) is 6.42 Å². The maximum absolute atomic E-state index is 11.5. The molecule has 0 radical (unpaired) electrons. The van der Waals surface area contributed by atoms with Crippen LogP contribution in [-0.4, -0.2) is 23.9 Å². The fraction of sp³-hybridized carbons (Fsp3) is 0.778. The van der Waals surface area contributed by atoms with Gasteiger partial charge in [-0.05, 0) is 26.3 Å². The smallest absolute Gasteiger partial charge is 0.183 e. The first-order valence-corrected chi connectivity index (χ1v) is 4.65. The monoisotopic (exact) mass is 198 g/mol. The summed E-state index contributed by atoms with van der Waals surface area (Å²) in [5.41, 5.74) is 14.9. The first-order valence-electron chi connectivity index (χ1n) is 4.65. The van der Waals surface area contributed by atoms with Crippen molar-refractivity contribution in [3.8, 4) is 6.07 Å². The molecule has 0 aromatic rings. The summed E-state index contributed by atoms with van der Waals surface area (Å²) in [4.78, 5) is 11.5. The van der Waals surface area contributed by atoms with Crippen molar-refractivity contribution in [1.82, 2.24) is 0 Å². The highest BCUT2D eigenvalue weighted by Gasteiger charge is 2.31. The van der Waals surface area contributed by atoms with Gasteiger partial charge in [-0.3, -0.25) is 4.79 Å². The van der Waals surface area contributed by atoms with Gasteiger partial charge in [0.05, 0.1) is 12.1 Å². The Morgan fingerprint density at radius 2 is 2.14 bits per heavy atom. The van der Waals surface area contributed by atoms with E-state index in [0.717, 1.165) is 12.8 Å². The zero-order valence-electron chi connectivity index (χ0n) is 8.49. The normalized spacial score (nSPS) is 16.8. The molecule has 0 heterocycles. The molecule has 0 fully saturated rings. The number of hydrogen-bond donors (Lipinski definition) is 3. The first-order chi connectivity index (χ1) is 6.45. The molecule has 0 aliphatic heterocycles. The summed E-state index contributed by atoms with van der Waals surface area (Å²) in [5, 5.41) is 8.61. The quantitative estimate of drug-likeness (QED) is 0.485. The van der Waals surface area contributed by atoms with Gasteiger partial charge in [-0.25, -0.2) is 0 Å². The Hall–Kier alpha value is -0.960. The van der Waals surface area contributed by atoms with Gasteiger partial charge >= 0.3 is 0 Å². The van der Waals surface area contributed by atoms with Crippen molar-refractivity contribution in [1.29, 1.82) is 5.26 Å². The van der Waals surface area contributed by atoms with Crippen LogP contribution < -0.4 is 17.2 Å². The predicted molar refractivity (Wildman–Crippen MR) is 54.1 cm³/mol. The van der Waals surface area contributed by atoms with E-state index in [4.69, 9.17) is 22.5 Å². The van der Waals surface area contributed by atoms with Gasteiger partial charge in [0.15, 0.2) is 11.3 Å². The van der Waals surface area contributed by atoms with Crippen LogP contribution in [0.2, 0.25) is 0 Å². The lowest BCUT2D eigenvalue weighted by molar-refractivity contribution is -0.123. The molecule has 0 aromatic carbocycles. The number of ketones is 1. The molecule has 6 N–H and O–H groups in total. The SMILES string of the molecule is CC(N)(C#N)C(=O)[C@@H](N)CCCCN. The van der Waals surface area contributed by atoms with E-state index < -0.39 is 17.4 Å². The maximum atomic E-state index is 11.5. The Morgan fingerprint density at radius 1 is 1.57 bits per heavy atom. The number of carbonyl (C=O) groups is 1. The van der Waals surface area contributed by atoms with Crippen molar-refractivity contribution in [2.24, 2.45) is 17.2 Å². The highest BCUT2D eigenvalue weighted by atomic mass is 16.1. The predicted octanol–water partition coefficient (Wildman–Crippen LogP) is -0.747. The van der Waals surface area contributed by atoms with Gasteiger partial charge in [-0.15, -0.1) is 0 Å². The van der Waals surface area contributed by atoms with Crippen LogP contribution in [0.3, 0.4) is 0 Å². The van der Waals surface area contributed by atoms with Crippen LogP contribution in [0.25, 0.3) is 0 Å². The van der Waals surface area contributed by atoms with E-state index in [1.807, 2.05) is 0 Å². The molecule has 0 spiro atoms. The van der Waals surface area contributed by atoms with Crippen LogP contribution in [0, 0.1) is 11.3 Å². The molecule has 5 heteroatoms. The number of nitriles is 1. The van der Waals surface area contributed by atoms with E-state index in [9.17, 15) is 4.79 Å². The molecule has 80 valence electrons. The van der Waals surface area contributed by atoms with Crippen LogP contribution >= 0.6 is 0 Å². The fourth-order valence-electron chi connectivity index (χ4n) is 1.08. The largest absolute Gasteiger partial charge is 0.330 e. The molecular weight excluding hydrogens is 180 g/mol. The second-order valence-corrected chi connectivity index (χ2v) is 3.57. The van der Waals surface area contributed by atoms with Crippen molar-refractivity contribution >= 4 is 5.78 Å². The maximum Gasteiger partial charge on any atom is 0.183 e. The second-order valence-electron chi connectivity index (χ2n) is 3.57. The Labute approximate surface area is 84.2 Å². The Morgan fingerprint density at radius 3 is 2.57 bits per heavy atom. The minimum atomic E-state index is -1.47. The van der Waals surface area contributed by atoms with Crippen LogP contribution in [0.5, 0.6) is 0 Å². The van der Waals surface area contributed by atoms with E-state index in [-0.39, 0.29) is 0 Å². The van der Waals surface area contributed by atoms with Gasteiger partial charge in [0.2, 0.25) is 0 Å². The molecule has 1 unspecified atom stereocenters. The minimum Gasteiger partial charge on any atom is -0.330 e. The van der Waals surface area contributed by atoms with Crippen molar-refractivity contribution in [2.75, 3.05) is 6.54 Å². The minimum absolute atomic E-state index is 0.406. The van der Waals surface area contributed by atoms with E-state index in [1.165, 1.54) is 6.92 Å². The summed E-state index contributed by atoms with van der Waals surface area (Å²) >= 11 is 0. The summed E-state index contributed by atoms with van der Waals surface area (Å²) < 4.78 is 0. The van der Waals surface area contributed by atoms with E-state index in [0.29, 0.717) is 13.0 Å². The molecule has 0 aliphatic rings. The van der Waals surface area contributed by atoms with Crippen molar-refractivity contribution in [3.63, 3.8) is 0 Å².